The van der Waals surface area contributed by atoms with Crippen molar-refractivity contribution < 1.29 is 25.9 Å². The Morgan fingerprint density at radius 1 is 0.812 bits per heavy atom. The van der Waals surface area contributed by atoms with Crippen LogP contribution in [-0.2, 0) is 20.2 Å². The lowest BCUT2D eigenvalue weighted by atomic mass is 10.3. The monoisotopic (exact) mass is 268 g/mol. The van der Waals surface area contributed by atoms with E-state index in [9.17, 15) is 16.8 Å². The Morgan fingerprint density at radius 2 is 1.06 bits per heavy atom. The van der Waals surface area contributed by atoms with Crippen molar-refractivity contribution in [2.75, 3.05) is 11.5 Å². The fourth-order valence-corrected chi connectivity index (χ4v) is 3.19. The molecule has 0 aliphatic heterocycles. The molecule has 1 rings (SSSR count). The average Bonchev–Trinajstić information content (AvgIpc) is 2.04. The summed E-state index contributed by atoms with van der Waals surface area (Å²) in [6, 6.07) is 1.99. The first-order chi connectivity index (χ1) is 7.05. The Hall–Kier alpha value is -1.36. The van der Waals surface area contributed by atoms with Gasteiger partial charge in [-0.2, -0.15) is 16.8 Å². The van der Waals surface area contributed by atoms with E-state index >= 15 is 0 Å². The number of rotatable bonds is 2. The molecule has 10 heteroatoms. The standard InChI is InChI=1S/C6H8N2O6S2/c7-3-1-2-4(8)6(16(12,13)14)5(3)15(9,10)11/h1-2H,7-8H2,(H,9,10,11)(H,12,13,14). The van der Waals surface area contributed by atoms with E-state index in [1.807, 2.05) is 0 Å². The third-order valence-electron chi connectivity index (χ3n) is 1.69. The van der Waals surface area contributed by atoms with Crippen molar-refractivity contribution in [2.24, 2.45) is 0 Å². The summed E-state index contributed by atoms with van der Waals surface area (Å²) >= 11 is 0. The van der Waals surface area contributed by atoms with Gasteiger partial charge in [0.2, 0.25) is 0 Å². The molecule has 0 fully saturated rings. The molecule has 16 heavy (non-hydrogen) atoms. The zero-order chi connectivity index (χ0) is 12.7. The molecule has 0 aliphatic carbocycles. The summed E-state index contributed by atoms with van der Waals surface area (Å²) in [4.78, 5) is -2.26. The maximum Gasteiger partial charge on any atom is 0.298 e. The second-order valence-electron chi connectivity index (χ2n) is 2.85. The molecule has 0 radical (unpaired) electrons. The number of hydrogen-bond donors (Lipinski definition) is 4. The van der Waals surface area contributed by atoms with E-state index in [0.29, 0.717) is 0 Å². The van der Waals surface area contributed by atoms with Crippen molar-refractivity contribution in [2.45, 2.75) is 9.79 Å². The largest absolute Gasteiger partial charge is 0.398 e. The second kappa shape index (κ2) is 3.59. The lowest BCUT2D eigenvalue weighted by Crippen LogP contribution is -2.13. The lowest BCUT2D eigenvalue weighted by molar-refractivity contribution is 0.467. The molecule has 0 atom stereocenters. The van der Waals surface area contributed by atoms with Crippen molar-refractivity contribution in [3.8, 4) is 0 Å². The molecule has 6 N–H and O–H groups in total. The van der Waals surface area contributed by atoms with Crippen LogP contribution in [0.2, 0.25) is 0 Å². The van der Waals surface area contributed by atoms with Crippen LogP contribution in [0.1, 0.15) is 0 Å². The highest BCUT2D eigenvalue weighted by atomic mass is 32.2. The van der Waals surface area contributed by atoms with E-state index in [4.69, 9.17) is 20.6 Å². The molecule has 90 valence electrons. The van der Waals surface area contributed by atoms with Gasteiger partial charge in [-0.15, -0.1) is 0 Å². The molecule has 1 aromatic carbocycles. The first-order valence-corrected chi connectivity index (χ1v) is 6.56. The summed E-state index contributed by atoms with van der Waals surface area (Å²) < 4.78 is 61.3. The smallest absolute Gasteiger partial charge is 0.298 e. The number of nitrogen functional groups attached to an aromatic ring is 2. The highest BCUT2D eigenvalue weighted by Crippen LogP contribution is 2.31. The minimum atomic E-state index is -4.91. The van der Waals surface area contributed by atoms with Gasteiger partial charge in [0.05, 0.1) is 11.4 Å². The third-order valence-corrected chi connectivity index (χ3v) is 3.73. The second-order valence-corrected chi connectivity index (χ2v) is 5.57. The van der Waals surface area contributed by atoms with Crippen molar-refractivity contribution in [1.82, 2.24) is 0 Å². The maximum atomic E-state index is 10.9. The minimum Gasteiger partial charge on any atom is -0.398 e. The predicted octanol–water partition coefficient (Wildman–Crippen LogP) is -0.656. The van der Waals surface area contributed by atoms with Crippen LogP contribution in [0.25, 0.3) is 0 Å². The van der Waals surface area contributed by atoms with Crippen molar-refractivity contribution in [3.05, 3.63) is 12.1 Å². The summed E-state index contributed by atoms with van der Waals surface area (Å²) in [5.74, 6) is 0. The van der Waals surface area contributed by atoms with E-state index < -0.39 is 41.4 Å². The number of nitrogens with two attached hydrogens (primary N) is 2. The third kappa shape index (κ3) is 2.24. The molecule has 0 spiro atoms. The number of anilines is 2. The summed E-state index contributed by atoms with van der Waals surface area (Å²) in [5, 5.41) is 0. The Kier molecular flexibility index (Phi) is 2.85. The van der Waals surface area contributed by atoms with Gasteiger partial charge < -0.3 is 11.5 Å². The van der Waals surface area contributed by atoms with Gasteiger partial charge >= 0.3 is 0 Å². The molecule has 0 saturated carbocycles. The summed E-state index contributed by atoms with van der Waals surface area (Å²) in [6.45, 7) is 0. The fourth-order valence-electron chi connectivity index (χ4n) is 1.13. The molecule has 0 saturated heterocycles. The molecular formula is C6H8N2O6S2. The van der Waals surface area contributed by atoms with Crippen LogP contribution in [0, 0.1) is 0 Å². The maximum absolute atomic E-state index is 10.9. The van der Waals surface area contributed by atoms with Gasteiger partial charge in [-0.05, 0) is 12.1 Å². The summed E-state index contributed by atoms with van der Waals surface area (Å²) in [6.07, 6.45) is 0. The molecule has 0 unspecified atom stereocenters. The van der Waals surface area contributed by atoms with Crippen molar-refractivity contribution in [3.63, 3.8) is 0 Å². The van der Waals surface area contributed by atoms with Crippen LogP contribution in [0.4, 0.5) is 11.4 Å². The van der Waals surface area contributed by atoms with E-state index in [2.05, 4.69) is 0 Å². The fraction of sp³-hybridized carbons (Fsp3) is 0. The molecule has 1 aromatic rings. The van der Waals surface area contributed by atoms with Crippen LogP contribution in [0.5, 0.6) is 0 Å². The van der Waals surface area contributed by atoms with Crippen LogP contribution < -0.4 is 11.5 Å². The van der Waals surface area contributed by atoms with E-state index in [-0.39, 0.29) is 0 Å². The zero-order valence-electron chi connectivity index (χ0n) is 7.65. The Labute approximate surface area is 91.4 Å². The average molecular weight is 268 g/mol. The van der Waals surface area contributed by atoms with Gasteiger partial charge in [0, 0.05) is 0 Å². The summed E-state index contributed by atoms with van der Waals surface area (Å²) in [7, 11) is -9.83. The van der Waals surface area contributed by atoms with E-state index in [0.717, 1.165) is 12.1 Å². The first kappa shape index (κ1) is 12.7. The molecule has 0 amide bonds. The van der Waals surface area contributed by atoms with E-state index in [1.165, 1.54) is 0 Å². The van der Waals surface area contributed by atoms with Crippen LogP contribution in [-0.4, -0.2) is 25.9 Å². The van der Waals surface area contributed by atoms with Gasteiger partial charge in [-0.3, -0.25) is 9.11 Å². The SMILES string of the molecule is Nc1ccc(N)c(S(=O)(=O)O)c1S(=O)(=O)O. The topological polar surface area (TPSA) is 161 Å². The molecule has 0 bridgehead atoms. The van der Waals surface area contributed by atoms with Gasteiger partial charge in [-0.1, -0.05) is 0 Å². The molecule has 0 aliphatic rings. The normalized spacial score (nSPS) is 12.6. The minimum absolute atomic E-state index is 0.538. The Balaban J connectivity index is 3.93. The zero-order valence-corrected chi connectivity index (χ0v) is 9.29. The highest BCUT2D eigenvalue weighted by molar-refractivity contribution is 7.89. The molecule has 8 nitrogen and oxygen atoms in total. The Bertz CT molecular complexity index is 576. The van der Waals surface area contributed by atoms with Crippen LogP contribution >= 0.6 is 0 Å². The van der Waals surface area contributed by atoms with Gasteiger partial charge in [0.15, 0.2) is 0 Å². The molecule has 0 aromatic heterocycles. The molecule has 0 heterocycles. The first-order valence-electron chi connectivity index (χ1n) is 3.68. The Morgan fingerprint density at radius 3 is 1.25 bits per heavy atom. The number of benzene rings is 1. The van der Waals surface area contributed by atoms with Crippen LogP contribution in [0.3, 0.4) is 0 Å². The van der Waals surface area contributed by atoms with Crippen LogP contribution in [0.15, 0.2) is 21.9 Å². The lowest BCUT2D eigenvalue weighted by Gasteiger charge is -2.09. The summed E-state index contributed by atoms with van der Waals surface area (Å²) in [5.41, 5.74) is 9.33. The highest BCUT2D eigenvalue weighted by Gasteiger charge is 2.28. The van der Waals surface area contributed by atoms with Gasteiger partial charge in [-0.25, -0.2) is 0 Å². The van der Waals surface area contributed by atoms with Crippen molar-refractivity contribution >= 4 is 31.6 Å². The molecular weight excluding hydrogens is 260 g/mol. The van der Waals surface area contributed by atoms with Gasteiger partial charge in [0.25, 0.3) is 20.2 Å². The number of hydrogen-bond acceptors (Lipinski definition) is 6. The van der Waals surface area contributed by atoms with Crippen molar-refractivity contribution in [1.29, 1.82) is 0 Å². The quantitative estimate of drug-likeness (QED) is 0.406. The van der Waals surface area contributed by atoms with E-state index in [1.54, 1.807) is 0 Å². The van der Waals surface area contributed by atoms with Gasteiger partial charge in [0.1, 0.15) is 9.79 Å². The predicted molar refractivity (Wildman–Crippen MR) is 54.9 cm³/mol.